The third-order valence-corrected chi connectivity index (χ3v) is 1.18. The van der Waals surface area contributed by atoms with Crippen LogP contribution in [0.3, 0.4) is 0 Å². The van der Waals surface area contributed by atoms with E-state index in [0.717, 1.165) is 12.5 Å². The zero-order valence-corrected chi connectivity index (χ0v) is 7.60. The maximum absolute atomic E-state index is 3.25. The van der Waals surface area contributed by atoms with Gasteiger partial charge in [0.25, 0.3) is 0 Å². The van der Waals surface area contributed by atoms with E-state index in [2.05, 4.69) is 21.7 Å². The molecule has 0 aliphatic carbocycles. The average Bonchev–Trinajstić information content (AvgIpc) is 1.81. The van der Waals surface area contributed by atoms with Crippen LogP contribution in [0, 0.1) is 0 Å². The highest BCUT2D eigenvalue weighted by Crippen LogP contribution is 1.75. The van der Waals surface area contributed by atoms with E-state index in [9.17, 15) is 0 Å². The first-order chi connectivity index (χ1) is 4.59. The van der Waals surface area contributed by atoms with E-state index in [0.29, 0.717) is 0 Å². The van der Waals surface area contributed by atoms with E-state index in [4.69, 9.17) is 0 Å². The molecule has 0 rings (SSSR count). The highest BCUT2D eigenvalue weighted by molar-refractivity contribution is 5.74. The molecule has 0 amide bonds. The fourth-order valence-corrected chi connectivity index (χ4v) is 0.874. The Morgan fingerprint density at radius 1 is 1.40 bits per heavy atom. The van der Waals surface area contributed by atoms with Crippen LogP contribution in [0.1, 0.15) is 6.92 Å². The van der Waals surface area contributed by atoms with Gasteiger partial charge in [-0.05, 0) is 6.92 Å². The highest BCUT2D eigenvalue weighted by Gasteiger charge is 2.07. The Bertz CT molecular complexity index is 123. The highest BCUT2D eigenvalue weighted by atomic mass is 15.3. The first-order valence-electron chi connectivity index (χ1n) is 3.55. The SMILES string of the molecule is CCNC(N(C)C)=[N+](C)C. The van der Waals surface area contributed by atoms with E-state index in [1.807, 2.05) is 28.2 Å². The fourth-order valence-electron chi connectivity index (χ4n) is 0.874. The summed E-state index contributed by atoms with van der Waals surface area (Å²) in [5.74, 6) is 1.14. The quantitative estimate of drug-likeness (QED) is 0.312. The van der Waals surface area contributed by atoms with E-state index < -0.39 is 0 Å². The van der Waals surface area contributed by atoms with Crippen LogP contribution in [0.5, 0.6) is 0 Å². The van der Waals surface area contributed by atoms with E-state index in [1.165, 1.54) is 0 Å². The fraction of sp³-hybridized carbons (Fsp3) is 0.857. The molecule has 0 aromatic carbocycles. The maximum Gasteiger partial charge on any atom is 0.347 e. The molecule has 0 unspecified atom stereocenters. The van der Waals surface area contributed by atoms with Crippen LogP contribution in [0.2, 0.25) is 0 Å². The van der Waals surface area contributed by atoms with E-state index >= 15 is 0 Å². The summed E-state index contributed by atoms with van der Waals surface area (Å²) in [6, 6.07) is 0. The van der Waals surface area contributed by atoms with Gasteiger partial charge < -0.3 is 0 Å². The van der Waals surface area contributed by atoms with E-state index in [1.54, 1.807) is 0 Å². The van der Waals surface area contributed by atoms with Gasteiger partial charge in [-0.25, -0.2) is 0 Å². The van der Waals surface area contributed by atoms with Crippen LogP contribution in [0.25, 0.3) is 0 Å². The molecule has 3 heteroatoms. The Labute approximate surface area is 63.3 Å². The summed E-state index contributed by atoms with van der Waals surface area (Å²) in [5.41, 5.74) is 0. The molecule has 0 atom stereocenters. The van der Waals surface area contributed by atoms with Gasteiger partial charge in [-0.2, -0.15) is 0 Å². The van der Waals surface area contributed by atoms with Crippen LogP contribution in [0.4, 0.5) is 0 Å². The van der Waals surface area contributed by atoms with Gasteiger partial charge in [0.05, 0.1) is 34.7 Å². The number of guanidine groups is 1. The molecule has 0 heterocycles. The zero-order valence-electron chi connectivity index (χ0n) is 7.60. The molecule has 0 fully saturated rings. The Morgan fingerprint density at radius 2 is 1.90 bits per heavy atom. The van der Waals surface area contributed by atoms with Gasteiger partial charge in [-0.3, -0.25) is 14.8 Å². The van der Waals surface area contributed by atoms with Crippen LogP contribution in [-0.2, 0) is 0 Å². The number of nitrogens with one attached hydrogen (secondary N) is 1. The predicted octanol–water partition coefficient (Wildman–Crippen LogP) is -0.214. The van der Waals surface area contributed by atoms with Crippen LogP contribution in [0.15, 0.2) is 0 Å². The minimum atomic E-state index is 0.964. The molecule has 0 bridgehead atoms. The van der Waals surface area contributed by atoms with Gasteiger partial charge >= 0.3 is 5.96 Å². The van der Waals surface area contributed by atoms with Crippen molar-refractivity contribution in [2.75, 3.05) is 34.7 Å². The van der Waals surface area contributed by atoms with Crippen molar-refractivity contribution in [2.45, 2.75) is 6.92 Å². The summed E-state index contributed by atoms with van der Waals surface area (Å²) in [6.07, 6.45) is 0. The smallest absolute Gasteiger partial charge is 0.278 e. The average molecular weight is 144 g/mol. The topological polar surface area (TPSA) is 18.3 Å². The molecule has 0 aromatic heterocycles. The van der Waals surface area contributed by atoms with Gasteiger partial charge in [0.15, 0.2) is 0 Å². The van der Waals surface area contributed by atoms with Crippen LogP contribution >= 0.6 is 0 Å². The first-order valence-corrected chi connectivity index (χ1v) is 3.55. The lowest BCUT2D eigenvalue weighted by Crippen LogP contribution is -2.41. The number of nitrogens with zero attached hydrogens (tertiary/aromatic N) is 2. The van der Waals surface area contributed by atoms with Crippen LogP contribution < -0.4 is 5.32 Å². The molecule has 10 heavy (non-hydrogen) atoms. The monoisotopic (exact) mass is 144 g/mol. The standard InChI is InChI=1S/C7H17N3/c1-6-8-7(9(2)3)10(4)5/h6H2,1-5H3/p+1. The Morgan fingerprint density at radius 3 is 2.00 bits per heavy atom. The van der Waals surface area contributed by atoms with Gasteiger partial charge in [0.2, 0.25) is 0 Å². The Hall–Kier alpha value is -0.730. The van der Waals surface area contributed by atoms with Gasteiger partial charge in [0, 0.05) is 0 Å². The molecule has 0 saturated heterocycles. The molecule has 1 N–H and O–H groups in total. The van der Waals surface area contributed by atoms with Crippen LogP contribution in [-0.4, -0.2) is 50.2 Å². The molecular formula is C7H18N3+. The lowest BCUT2D eigenvalue weighted by molar-refractivity contribution is -0.472. The van der Waals surface area contributed by atoms with Crippen molar-refractivity contribution in [2.24, 2.45) is 0 Å². The number of rotatable bonds is 1. The molecule has 0 aromatic rings. The molecule has 0 saturated carbocycles. The van der Waals surface area contributed by atoms with Crippen molar-refractivity contribution < 1.29 is 4.58 Å². The Balaban J connectivity index is 4.13. The molecule has 0 radical (unpaired) electrons. The molecular weight excluding hydrogens is 126 g/mol. The minimum Gasteiger partial charge on any atom is -0.278 e. The van der Waals surface area contributed by atoms with Gasteiger partial charge in [-0.1, -0.05) is 0 Å². The third-order valence-electron chi connectivity index (χ3n) is 1.18. The third kappa shape index (κ3) is 2.71. The maximum atomic E-state index is 3.25. The number of hydrogen-bond acceptors (Lipinski definition) is 0. The van der Waals surface area contributed by atoms with Crippen molar-refractivity contribution in [3.05, 3.63) is 0 Å². The molecule has 0 aliphatic heterocycles. The van der Waals surface area contributed by atoms with Crippen molar-refractivity contribution in [1.82, 2.24) is 10.2 Å². The van der Waals surface area contributed by atoms with Crippen molar-refractivity contribution in [1.29, 1.82) is 0 Å². The summed E-state index contributed by atoms with van der Waals surface area (Å²) in [5, 5.41) is 3.25. The molecule has 0 aliphatic rings. The number of hydrogen-bond donors (Lipinski definition) is 1. The minimum absolute atomic E-state index is 0.964. The normalized spacial score (nSPS) is 8.90. The van der Waals surface area contributed by atoms with E-state index in [-0.39, 0.29) is 0 Å². The summed E-state index contributed by atoms with van der Waals surface area (Å²) in [4.78, 5) is 2.06. The summed E-state index contributed by atoms with van der Waals surface area (Å²) in [7, 11) is 8.10. The lowest BCUT2D eigenvalue weighted by atomic mass is 10.7. The molecule has 0 spiro atoms. The second-order valence-corrected chi connectivity index (χ2v) is 2.64. The summed E-state index contributed by atoms with van der Waals surface area (Å²) < 4.78 is 2.06. The zero-order chi connectivity index (χ0) is 8.15. The van der Waals surface area contributed by atoms with Crippen molar-refractivity contribution in [3.63, 3.8) is 0 Å². The van der Waals surface area contributed by atoms with Gasteiger partial charge in [-0.15, -0.1) is 0 Å². The second-order valence-electron chi connectivity index (χ2n) is 2.64. The summed E-state index contributed by atoms with van der Waals surface area (Å²) in [6.45, 7) is 3.05. The van der Waals surface area contributed by atoms with Gasteiger partial charge in [0.1, 0.15) is 0 Å². The predicted molar refractivity (Wildman–Crippen MR) is 44.5 cm³/mol. The Kier molecular flexibility index (Phi) is 3.84. The first kappa shape index (κ1) is 9.27. The van der Waals surface area contributed by atoms with Crippen molar-refractivity contribution in [3.8, 4) is 0 Å². The molecule has 60 valence electrons. The largest absolute Gasteiger partial charge is 0.347 e. The lowest BCUT2D eigenvalue weighted by Gasteiger charge is -2.11. The van der Waals surface area contributed by atoms with Crippen molar-refractivity contribution >= 4 is 5.96 Å². The summed E-state index contributed by atoms with van der Waals surface area (Å²) >= 11 is 0. The molecule has 3 nitrogen and oxygen atoms in total. The second kappa shape index (κ2) is 4.14.